The van der Waals surface area contributed by atoms with Crippen LogP contribution in [0, 0.1) is 23.7 Å². The van der Waals surface area contributed by atoms with Crippen molar-refractivity contribution in [3.8, 4) is 33.5 Å². The Morgan fingerprint density at radius 3 is 2.43 bits per heavy atom. The third kappa shape index (κ3) is 3.80. The predicted octanol–water partition coefficient (Wildman–Crippen LogP) is 13.0. The molecule has 0 amide bonds. The molecule has 5 unspecified atom stereocenters. The second-order valence-corrected chi connectivity index (χ2v) is 16.4. The third-order valence-corrected chi connectivity index (χ3v) is 13.8. The number of benzene rings is 5. The Balaban J connectivity index is 1.04. The number of fused-ring (bicyclic) bond motifs is 15. The van der Waals surface area contributed by atoms with Gasteiger partial charge in [-0.3, -0.25) is 4.98 Å². The molecule has 5 aromatic carbocycles. The highest BCUT2D eigenvalue weighted by Crippen LogP contribution is 2.66. The zero-order chi connectivity index (χ0) is 32.4. The average molecular weight is 652 g/mol. The van der Waals surface area contributed by atoms with Crippen LogP contribution < -0.4 is 0 Å². The van der Waals surface area contributed by atoms with Gasteiger partial charge in [0, 0.05) is 59.2 Å². The summed E-state index contributed by atoms with van der Waals surface area (Å²) in [5.74, 6) is 3.01. The van der Waals surface area contributed by atoms with Crippen molar-refractivity contribution >= 4 is 53.4 Å². The van der Waals surface area contributed by atoms with Gasteiger partial charge in [-0.2, -0.15) is 0 Å². The first kappa shape index (κ1) is 28.1. The summed E-state index contributed by atoms with van der Waals surface area (Å²) in [6.07, 6.45) is 7.47. The van der Waals surface area contributed by atoms with Crippen molar-refractivity contribution in [3.63, 3.8) is 0 Å². The van der Waals surface area contributed by atoms with Gasteiger partial charge in [-0.15, -0.1) is 11.3 Å². The molecule has 2 fully saturated rings. The Morgan fingerprint density at radius 1 is 0.673 bits per heavy atom. The van der Waals surface area contributed by atoms with Gasteiger partial charge in [0.2, 0.25) is 0 Å². The molecule has 0 N–H and O–H groups in total. The van der Waals surface area contributed by atoms with Crippen LogP contribution >= 0.6 is 11.3 Å². The van der Waals surface area contributed by atoms with Crippen LogP contribution in [0.4, 0.5) is 0 Å². The van der Waals surface area contributed by atoms with Gasteiger partial charge in [-0.25, -0.2) is 0 Å². The number of nitrogens with zero attached hydrogens (tertiary/aromatic N) is 1. The van der Waals surface area contributed by atoms with E-state index in [1.54, 1.807) is 11.1 Å². The molecule has 2 saturated carbocycles. The van der Waals surface area contributed by atoms with Crippen molar-refractivity contribution in [1.29, 1.82) is 0 Å². The maximum atomic E-state index is 6.33. The van der Waals surface area contributed by atoms with Crippen molar-refractivity contribution in [1.82, 2.24) is 4.98 Å². The molecule has 3 aliphatic carbocycles. The van der Waals surface area contributed by atoms with E-state index in [0.29, 0.717) is 11.8 Å². The molecule has 11 rings (SSSR count). The standard InChI is InChI=1S/C46H37NOS/c1-26-20-28-22-27(2)46(31(21-26)23-28)39-12-5-3-8-33(39)35-16-17-37-38-24-29(15-19-42(38)49-45(37)43(35)46)40-18-14-30(25-47-40)32-10-7-11-36-34-9-4-6-13-41(34)48-44(32)36/h3-19,24-28,31H,20-23H2,1-2H3. The minimum Gasteiger partial charge on any atom is -0.455 e. The fourth-order valence-corrected chi connectivity index (χ4v) is 12.2. The Hall–Kier alpha value is -4.73. The van der Waals surface area contributed by atoms with Crippen LogP contribution in [0.2, 0.25) is 0 Å². The Labute approximate surface area is 290 Å². The first-order chi connectivity index (χ1) is 24.1. The molecule has 0 radical (unpaired) electrons. The van der Waals surface area contributed by atoms with E-state index in [4.69, 9.17) is 9.40 Å². The van der Waals surface area contributed by atoms with E-state index in [2.05, 4.69) is 111 Å². The van der Waals surface area contributed by atoms with Gasteiger partial charge in [0.1, 0.15) is 11.2 Å². The summed E-state index contributed by atoms with van der Waals surface area (Å²) in [5, 5.41) is 5.04. The van der Waals surface area contributed by atoms with Crippen molar-refractivity contribution in [3.05, 3.63) is 127 Å². The summed E-state index contributed by atoms with van der Waals surface area (Å²) in [6.45, 7) is 5.08. The first-order valence-corrected chi connectivity index (χ1v) is 18.9. The average Bonchev–Trinajstić information content (AvgIpc) is 3.79. The molecule has 5 atom stereocenters. The minimum atomic E-state index is 0.0976. The normalized spacial score (nSPS) is 24.3. The molecule has 3 heterocycles. The molecule has 3 aliphatic rings. The van der Waals surface area contributed by atoms with Crippen LogP contribution in [-0.4, -0.2) is 4.98 Å². The highest BCUT2D eigenvalue weighted by molar-refractivity contribution is 7.26. The first-order valence-electron chi connectivity index (χ1n) is 18.0. The van der Waals surface area contributed by atoms with Crippen LogP contribution in [0.3, 0.4) is 0 Å². The number of para-hydroxylation sites is 2. The molecule has 3 heteroatoms. The van der Waals surface area contributed by atoms with Gasteiger partial charge in [0.05, 0.1) is 5.69 Å². The van der Waals surface area contributed by atoms with Crippen molar-refractivity contribution in [2.24, 2.45) is 23.7 Å². The van der Waals surface area contributed by atoms with E-state index >= 15 is 0 Å². The van der Waals surface area contributed by atoms with Gasteiger partial charge in [0.15, 0.2) is 0 Å². The zero-order valence-corrected chi connectivity index (χ0v) is 28.7. The van der Waals surface area contributed by atoms with Crippen LogP contribution in [0.5, 0.6) is 0 Å². The number of hydrogen-bond acceptors (Lipinski definition) is 3. The Kier molecular flexibility index (Phi) is 5.83. The van der Waals surface area contributed by atoms with Gasteiger partial charge in [-0.05, 0) is 95.9 Å². The molecule has 8 aromatic rings. The highest BCUT2D eigenvalue weighted by Gasteiger charge is 2.57. The molecule has 0 aliphatic heterocycles. The Morgan fingerprint density at radius 2 is 1.51 bits per heavy atom. The monoisotopic (exact) mass is 651 g/mol. The van der Waals surface area contributed by atoms with Crippen LogP contribution in [0.25, 0.3) is 75.6 Å². The lowest BCUT2D eigenvalue weighted by Crippen LogP contribution is -2.49. The van der Waals surface area contributed by atoms with Crippen LogP contribution in [-0.2, 0) is 5.41 Å². The Bertz CT molecular complexity index is 2620. The highest BCUT2D eigenvalue weighted by atomic mass is 32.1. The van der Waals surface area contributed by atoms with Gasteiger partial charge in [0.25, 0.3) is 0 Å². The lowest BCUT2D eigenvalue weighted by molar-refractivity contribution is 0.0434. The number of hydrogen-bond donors (Lipinski definition) is 0. The summed E-state index contributed by atoms with van der Waals surface area (Å²) in [7, 11) is 0. The summed E-state index contributed by atoms with van der Waals surface area (Å²) in [6, 6.07) is 40.3. The molecule has 1 spiro atoms. The summed E-state index contributed by atoms with van der Waals surface area (Å²) in [5.41, 5.74) is 12.4. The molecule has 3 aromatic heterocycles. The number of thiophene rings is 1. The van der Waals surface area contributed by atoms with E-state index < -0.39 is 0 Å². The molecule has 2 nitrogen and oxygen atoms in total. The second kappa shape index (κ2) is 10.2. The van der Waals surface area contributed by atoms with E-state index in [0.717, 1.165) is 56.2 Å². The molecule has 49 heavy (non-hydrogen) atoms. The number of rotatable bonds is 2. The van der Waals surface area contributed by atoms with E-state index in [1.165, 1.54) is 57.0 Å². The third-order valence-electron chi connectivity index (χ3n) is 12.6. The summed E-state index contributed by atoms with van der Waals surface area (Å²) in [4.78, 5) is 5.02. The molecule has 0 saturated heterocycles. The van der Waals surface area contributed by atoms with E-state index in [9.17, 15) is 0 Å². The summed E-state index contributed by atoms with van der Waals surface area (Å²) >= 11 is 2.01. The second-order valence-electron chi connectivity index (χ2n) is 15.3. The largest absolute Gasteiger partial charge is 0.455 e. The van der Waals surface area contributed by atoms with Crippen molar-refractivity contribution in [2.75, 3.05) is 0 Å². The molecular formula is C46H37NOS. The van der Waals surface area contributed by atoms with Crippen molar-refractivity contribution < 1.29 is 4.42 Å². The van der Waals surface area contributed by atoms with Gasteiger partial charge in [-0.1, -0.05) is 98.8 Å². The molecule has 238 valence electrons. The smallest absolute Gasteiger partial charge is 0.143 e. The fraction of sp³-hybridized carbons (Fsp3) is 0.239. The summed E-state index contributed by atoms with van der Waals surface area (Å²) < 4.78 is 9.21. The quantitative estimate of drug-likeness (QED) is 0.186. The zero-order valence-electron chi connectivity index (χ0n) is 27.9. The van der Waals surface area contributed by atoms with E-state index in [-0.39, 0.29) is 5.41 Å². The van der Waals surface area contributed by atoms with Gasteiger partial charge >= 0.3 is 0 Å². The number of furan rings is 1. The van der Waals surface area contributed by atoms with Crippen LogP contribution in [0.15, 0.2) is 120 Å². The van der Waals surface area contributed by atoms with E-state index in [1.807, 2.05) is 29.7 Å². The predicted molar refractivity (Wildman–Crippen MR) is 205 cm³/mol. The lowest BCUT2D eigenvalue weighted by atomic mass is 9.49. The van der Waals surface area contributed by atoms with Gasteiger partial charge < -0.3 is 4.42 Å². The topological polar surface area (TPSA) is 26.0 Å². The number of pyridine rings is 1. The number of aromatic nitrogens is 1. The maximum Gasteiger partial charge on any atom is 0.143 e. The fourth-order valence-electron chi connectivity index (χ4n) is 10.9. The molecule has 2 bridgehead atoms. The lowest BCUT2D eigenvalue weighted by Gasteiger charge is -2.54. The minimum absolute atomic E-state index is 0.0976. The SMILES string of the molecule is CC1CC2CC(C)C3(c4ccccc4-c4ccc5c(sc6ccc(-c7ccc(-c8cccc9c8oc8ccccc89)cn7)cc65)c43)C(C1)C2. The van der Waals surface area contributed by atoms with Crippen molar-refractivity contribution in [2.45, 2.75) is 44.9 Å². The maximum absolute atomic E-state index is 6.33. The molecular weight excluding hydrogens is 615 g/mol. The van der Waals surface area contributed by atoms with Crippen LogP contribution in [0.1, 0.15) is 50.7 Å².